The van der Waals surface area contributed by atoms with Crippen LogP contribution in [0.1, 0.15) is 12.7 Å². The van der Waals surface area contributed by atoms with Crippen LogP contribution in [0.5, 0.6) is 5.75 Å². The van der Waals surface area contributed by atoms with Crippen LogP contribution in [0.3, 0.4) is 0 Å². The average molecular weight is 314 g/mol. The number of aromatic amines is 1. The van der Waals surface area contributed by atoms with Crippen molar-refractivity contribution in [2.24, 2.45) is 0 Å². The van der Waals surface area contributed by atoms with Crippen LogP contribution in [0.15, 0.2) is 22.7 Å². The van der Waals surface area contributed by atoms with Crippen molar-refractivity contribution in [1.29, 1.82) is 0 Å². The molecule has 1 heterocycles. The number of H-pyrrole nitrogens is 1. The molecule has 0 spiro atoms. The fourth-order valence-electron chi connectivity index (χ4n) is 1.63. The zero-order chi connectivity index (χ0) is 12.4. The number of aryl methyl sites for hydroxylation is 1. The van der Waals surface area contributed by atoms with E-state index in [1.807, 2.05) is 29.7 Å². The minimum atomic E-state index is 0.596. The Balaban J connectivity index is 2.57. The van der Waals surface area contributed by atoms with E-state index in [-0.39, 0.29) is 0 Å². The molecular weight excluding hydrogens is 302 g/mol. The van der Waals surface area contributed by atoms with E-state index in [1.54, 1.807) is 7.11 Å². The lowest BCUT2D eigenvalue weighted by atomic mass is 10.3. The van der Waals surface area contributed by atoms with Gasteiger partial charge in [0.05, 0.1) is 17.3 Å². The lowest BCUT2D eigenvalue weighted by molar-refractivity contribution is 0.412. The van der Waals surface area contributed by atoms with Gasteiger partial charge in [-0.15, -0.1) is 0 Å². The van der Waals surface area contributed by atoms with Crippen LogP contribution in [0, 0.1) is 4.77 Å². The van der Waals surface area contributed by atoms with E-state index in [0.717, 1.165) is 28.2 Å². The standard InChI is InChI=1S/C11H12BrN3OS/c1-3-10-13-14-11(17)15(10)7-4-5-9(16-2)8(12)6-7/h4-6H,3H2,1-2H3,(H,14,17). The summed E-state index contributed by atoms with van der Waals surface area (Å²) in [4.78, 5) is 0. The zero-order valence-electron chi connectivity index (χ0n) is 9.53. The highest BCUT2D eigenvalue weighted by atomic mass is 79.9. The average Bonchev–Trinajstić information content (AvgIpc) is 2.70. The highest BCUT2D eigenvalue weighted by molar-refractivity contribution is 9.10. The molecule has 1 N–H and O–H groups in total. The summed E-state index contributed by atoms with van der Waals surface area (Å²) in [7, 11) is 1.64. The lowest BCUT2D eigenvalue weighted by Gasteiger charge is -2.08. The van der Waals surface area contributed by atoms with Crippen molar-refractivity contribution in [2.75, 3.05) is 7.11 Å². The smallest absolute Gasteiger partial charge is 0.199 e. The molecule has 1 aromatic heterocycles. The molecule has 0 amide bonds. The van der Waals surface area contributed by atoms with Crippen LogP contribution in [-0.4, -0.2) is 21.9 Å². The lowest BCUT2D eigenvalue weighted by Crippen LogP contribution is -2.00. The fourth-order valence-corrected chi connectivity index (χ4v) is 2.41. The second kappa shape index (κ2) is 5.01. The van der Waals surface area contributed by atoms with Crippen molar-refractivity contribution in [1.82, 2.24) is 14.8 Å². The van der Waals surface area contributed by atoms with E-state index in [1.165, 1.54) is 0 Å². The van der Waals surface area contributed by atoms with Gasteiger partial charge in [-0.05, 0) is 46.3 Å². The monoisotopic (exact) mass is 313 g/mol. The van der Waals surface area contributed by atoms with Gasteiger partial charge >= 0.3 is 0 Å². The number of aromatic nitrogens is 3. The van der Waals surface area contributed by atoms with Crippen molar-refractivity contribution in [3.63, 3.8) is 0 Å². The van der Waals surface area contributed by atoms with Crippen molar-refractivity contribution >= 4 is 28.1 Å². The first-order chi connectivity index (χ1) is 8.17. The van der Waals surface area contributed by atoms with Crippen molar-refractivity contribution < 1.29 is 4.74 Å². The highest BCUT2D eigenvalue weighted by Gasteiger charge is 2.08. The summed E-state index contributed by atoms with van der Waals surface area (Å²) in [6, 6.07) is 5.81. The Morgan fingerprint density at radius 3 is 2.88 bits per heavy atom. The maximum Gasteiger partial charge on any atom is 0.199 e. The number of methoxy groups -OCH3 is 1. The van der Waals surface area contributed by atoms with E-state index in [0.29, 0.717) is 4.77 Å². The van der Waals surface area contributed by atoms with Gasteiger partial charge in [0.1, 0.15) is 11.6 Å². The minimum absolute atomic E-state index is 0.596. The summed E-state index contributed by atoms with van der Waals surface area (Å²) in [5.41, 5.74) is 0.966. The molecule has 0 radical (unpaired) electrons. The predicted molar refractivity (Wildman–Crippen MR) is 72.4 cm³/mol. The van der Waals surface area contributed by atoms with Crippen molar-refractivity contribution in [3.05, 3.63) is 33.3 Å². The van der Waals surface area contributed by atoms with Crippen molar-refractivity contribution in [3.8, 4) is 11.4 Å². The number of nitrogens with zero attached hydrogens (tertiary/aromatic N) is 2. The van der Waals surface area contributed by atoms with E-state index < -0.39 is 0 Å². The summed E-state index contributed by atoms with van der Waals surface area (Å²) in [5.74, 6) is 1.70. The minimum Gasteiger partial charge on any atom is -0.496 e. The number of halogens is 1. The zero-order valence-corrected chi connectivity index (χ0v) is 11.9. The largest absolute Gasteiger partial charge is 0.496 e. The molecule has 0 aliphatic rings. The molecule has 0 fully saturated rings. The Bertz CT molecular complexity index is 591. The number of nitrogens with one attached hydrogen (secondary N) is 1. The number of ether oxygens (including phenoxy) is 1. The third-order valence-corrected chi connectivity index (χ3v) is 3.35. The maximum absolute atomic E-state index is 5.22. The van der Waals surface area contributed by atoms with E-state index in [4.69, 9.17) is 17.0 Å². The summed E-state index contributed by atoms with van der Waals surface area (Å²) >= 11 is 8.68. The molecule has 0 aliphatic carbocycles. The fraction of sp³-hybridized carbons (Fsp3) is 0.273. The van der Waals surface area contributed by atoms with Crippen LogP contribution < -0.4 is 4.74 Å². The Morgan fingerprint density at radius 1 is 1.53 bits per heavy atom. The molecule has 4 nitrogen and oxygen atoms in total. The molecular formula is C11H12BrN3OS. The molecule has 0 saturated carbocycles. The first-order valence-corrected chi connectivity index (χ1v) is 6.37. The summed E-state index contributed by atoms with van der Waals surface area (Å²) in [5, 5.41) is 6.99. The molecule has 0 bridgehead atoms. The number of rotatable bonds is 3. The molecule has 17 heavy (non-hydrogen) atoms. The second-order valence-electron chi connectivity index (χ2n) is 3.45. The summed E-state index contributed by atoms with van der Waals surface area (Å²) in [6.45, 7) is 2.04. The molecule has 0 unspecified atom stereocenters. The highest BCUT2D eigenvalue weighted by Crippen LogP contribution is 2.27. The number of hydrogen-bond donors (Lipinski definition) is 1. The molecule has 0 saturated heterocycles. The third-order valence-electron chi connectivity index (χ3n) is 2.45. The molecule has 90 valence electrons. The van der Waals surface area contributed by atoms with Gasteiger partial charge in [0, 0.05) is 6.42 Å². The number of benzene rings is 1. The molecule has 0 aliphatic heterocycles. The number of hydrogen-bond acceptors (Lipinski definition) is 3. The Kier molecular flexibility index (Phi) is 3.63. The van der Waals surface area contributed by atoms with Crippen molar-refractivity contribution in [2.45, 2.75) is 13.3 Å². The third kappa shape index (κ3) is 2.28. The maximum atomic E-state index is 5.22. The topological polar surface area (TPSA) is 42.8 Å². The van der Waals surface area contributed by atoms with Gasteiger partial charge in [-0.1, -0.05) is 6.92 Å². The van der Waals surface area contributed by atoms with Crippen LogP contribution >= 0.6 is 28.1 Å². The van der Waals surface area contributed by atoms with Gasteiger partial charge in [0.2, 0.25) is 0 Å². The predicted octanol–water partition coefficient (Wildman–Crippen LogP) is 3.26. The first-order valence-electron chi connectivity index (χ1n) is 5.17. The van der Waals surface area contributed by atoms with E-state index >= 15 is 0 Å². The molecule has 6 heteroatoms. The summed E-state index contributed by atoms with van der Waals surface area (Å²) < 4.78 is 8.60. The molecule has 0 atom stereocenters. The molecule has 2 aromatic rings. The van der Waals surface area contributed by atoms with Gasteiger partial charge in [0.15, 0.2) is 4.77 Å². The van der Waals surface area contributed by atoms with Gasteiger partial charge in [-0.3, -0.25) is 9.67 Å². The van der Waals surface area contributed by atoms with E-state index in [2.05, 4.69) is 26.1 Å². The normalized spacial score (nSPS) is 10.5. The Morgan fingerprint density at radius 2 is 2.29 bits per heavy atom. The molecule has 1 aromatic carbocycles. The second-order valence-corrected chi connectivity index (χ2v) is 4.69. The molecule has 2 rings (SSSR count). The first kappa shape index (κ1) is 12.3. The van der Waals surface area contributed by atoms with Gasteiger partial charge in [-0.25, -0.2) is 0 Å². The van der Waals surface area contributed by atoms with Crippen LogP contribution in [0.4, 0.5) is 0 Å². The van der Waals surface area contributed by atoms with Gasteiger partial charge in [-0.2, -0.15) is 5.10 Å². The SMILES string of the molecule is CCc1n[nH]c(=S)n1-c1ccc(OC)c(Br)c1. The van der Waals surface area contributed by atoms with Crippen LogP contribution in [0.25, 0.3) is 5.69 Å². The Hall–Kier alpha value is -1.14. The Labute approximate surface area is 113 Å². The van der Waals surface area contributed by atoms with Crippen LogP contribution in [0.2, 0.25) is 0 Å². The van der Waals surface area contributed by atoms with Gasteiger partial charge < -0.3 is 4.74 Å². The summed E-state index contributed by atoms with van der Waals surface area (Å²) in [6.07, 6.45) is 0.816. The quantitative estimate of drug-likeness (QED) is 0.884. The van der Waals surface area contributed by atoms with Gasteiger partial charge in [0.25, 0.3) is 0 Å². The van der Waals surface area contributed by atoms with E-state index in [9.17, 15) is 0 Å². The van der Waals surface area contributed by atoms with Crippen LogP contribution in [-0.2, 0) is 6.42 Å².